The Bertz CT molecular complexity index is 277. The van der Waals surface area contributed by atoms with Crippen molar-refractivity contribution in [3.05, 3.63) is 24.0 Å². The van der Waals surface area contributed by atoms with Gasteiger partial charge in [0.05, 0.1) is 0 Å². The summed E-state index contributed by atoms with van der Waals surface area (Å²) in [5.41, 5.74) is -0.100. The Morgan fingerprint density at radius 2 is 2.00 bits per heavy atom. The first kappa shape index (κ1) is 8.97. The Balaban J connectivity index is 2.82. The van der Waals surface area contributed by atoms with E-state index in [1.54, 1.807) is 0 Å². The van der Waals surface area contributed by atoms with Crippen LogP contribution < -0.4 is 10.2 Å². The summed E-state index contributed by atoms with van der Waals surface area (Å²) in [5, 5.41) is 0. The third kappa shape index (κ3) is 2.18. The van der Waals surface area contributed by atoms with Gasteiger partial charge in [-0.1, -0.05) is 11.5 Å². The number of hydrogen-bond acceptors (Lipinski definition) is 1. The first-order chi connectivity index (χ1) is 5.59. The van der Waals surface area contributed by atoms with Crippen molar-refractivity contribution >= 4 is 13.3 Å². The summed E-state index contributed by atoms with van der Waals surface area (Å²) < 4.78 is 39.7. The summed E-state index contributed by atoms with van der Waals surface area (Å²) in [5.74, 6) is -1.01. The summed E-state index contributed by atoms with van der Waals surface area (Å²) in [7, 11) is 5.10. The first-order valence-corrected chi connectivity index (χ1v) is 3.09. The van der Waals surface area contributed by atoms with Crippen LogP contribution >= 0.6 is 0 Å². The first-order valence-electron chi connectivity index (χ1n) is 3.09. The maximum Gasteiger partial charge on any atom is 0.387 e. The van der Waals surface area contributed by atoms with Crippen molar-refractivity contribution in [1.29, 1.82) is 0 Å². The number of ether oxygens (including phenoxy) is 1. The number of halogens is 3. The van der Waals surface area contributed by atoms with Crippen LogP contribution in [0.4, 0.5) is 13.2 Å². The summed E-state index contributed by atoms with van der Waals surface area (Å²) in [6.45, 7) is -2.95. The van der Waals surface area contributed by atoms with Crippen molar-refractivity contribution in [3.63, 3.8) is 0 Å². The van der Waals surface area contributed by atoms with Crippen molar-refractivity contribution in [2.45, 2.75) is 6.61 Å². The van der Waals surface area contributed by atoms with Crippen LogP contribution in [0.5, 0.6) is 5.75 Å². The lowest BCUT2D eigenvalue weighted by atomic mass is 9.96. The maximum atomic E-state index is 12.6. The van der Waals surface area contributed by atoms with Crippen molar-refractivity contribution in [2.24, 2.45) is 0 Å². The fraction of sp³-hybridized carbons (Fsp3) is 0.143. The molecule has 0 aliphatic carbocycles. The molecule has 1 aromatic rings. The lowest BCUT2D eigenvalue weighted by Crippen LogP contribution is -2.09. The summed E-state index contributed by atoms with van der Waals surface area (Å²) in [6.07, 6.45) is 0. The second-order valence-electron chi connectivity index (χ2n) is 2.06. The highest BCUT2D eigenvalue weighted by Crippen LogP contribution is 2.13. The molecule has 0 spiro atoms. The van der Waals surface area contributed by atoms with E-state index >= 15 is 0 Å². The predicted molar refractivity (Wildman–Crippen MR) is 38.4 cm³/mol. The molecule has 0 bridgehead atoms. The minimum atomic E-state index is -2.95. The van der Waals surface area contributed by atoms with Crippen LogP contribution in [-0.4, -0.2) is 14.5 Å². The number of rotatable bonds is 2. The molecule has 0 saturated carbocycles. The molecule has 0 amide bonds. The molecule has 0 aliphatic rings. The van der Waals surface area contributed by atoms with Gasteiger partial charge in [-0.3, -0.25) is 0 Å². The molecule has 12 heavy (non-hydrogen) atoms. The Hall–Kier alpha value is -1.13. The zero-order valence-electron chi connectivity index (χ0n) is 5.93. The Morgan fingerprint density at radius 1 is 1.33 bits per heavy atom. The number of benzene rings is 1. The van der Waals surface area contributed by atoms with Gasteiger partial charge in [0.15, 0.2) is 0 Å². The Kier molecular flexibility index (Phi) is 2.63. The minimum Gasteiger partial charge on any atom is -0.435 e. The van der Waals surface area contributed by atoms with Gasteiger partial charge >= 0.3 is 6.61 Å². The molecule has 0 heterocycles. The fourth-order valence-electron chi connectivity index (χ4n) is 0.684. The molecule has 62 valence electrons. The van der Waals surface area contributed by atoms with Gasteiger partial charge in [-0.25, -0.2) is 4.39 Å². The van der Waals surface area contributed by atoms with Crippen molar-refractivity contribution in [2.75, 3.05) is 0 Å². The number of hydrogen-bond donors (Lipinski definition) is 0. The summed E-state index contributed by atoms with van der Waals surface area (Å²) >= 11 is 0. The molecule has 0 unspecified atom stereocenters. The second kappa shape index (κ2) is 3.52. The van der Waals surface area contributed by atoms with E-state index in [0.29, 0.717) is 0 Å². The Labute approximate surface area is 68.6 Å². The third-order valence-corrected chi connectivity index (χ3v) is 1.20. The van der Waals surface area contributed by atoms with E-state index in [9.17, 15) is 13.2 Å². The molecule has 5 heteroatoms. The van der Waals surface area contributed by atoms with Gasteiger partial charge in [-0.15, -0.1) is 0 Å². The highest BCUT2D eigenvalue weighted by molar-refractivity contribution is 6.32. The molecule has 1 aromatic carbocycles. The van der Waals surface area contributed by atoms with Crippen LogP contribution in [0.15, 0.2) is 18.2 Å². The predicted octanol–water partition coefficient (Wildman–Crippen LogP) is 1.22. The number of alkyl halides is 2. The smallest absolute Gasteiger partial charge is 0.387 e. The molecule has 1 nitrogen and oxygen atoms in total. The molecular weight excluding hydrogens is 168 g/mol. The van der Waals surface area contributed by atoms with E-state index in [4.69, 9.17) is 7.85 Å². The lowest BCUT2D eigenvalue weighted by molar-refractivity contribution is -0.0499. The van der Waals surface area contributed by atoms with Crippen LogP contribution in [0.1, 0.15) is 0 Å². The van der Waals surface area contributed by atoms with E-state index in [2.05, 4.69) is 4.74 Å². The molecule has 1 rings (SSSR count). The topological polar surface area (TPSA) is 9.23 Å². The van der Waals surface area contributed by atoms with Crippen LogP contribution in [-0.2, 0) is 0 Å². The van der Waals surface area contributed by atoms with Gasteiger partial charge in [0.2, 0.25) is 0 Å². The van der Waals surface area contributed by atoms with Gasteiger partial charge in [0.1, 0.15) is 19.4 Å². The maximum absolute atomic E-state index is 12.6. The SMILES string of the molecule is [B]c1ccc(OC(F)F)cc1F. The molecule has 2 radical (unpaired) electrons. The quantitative estimate of drug-likeness (QED) is 0.609. The van der Waals surface area contributed by atoms with Gasteiger partial charge in [-0.05, 0) is 6.07 Å². The standard InChI is InChI=1S/C7H4BF3O/c8-5-2-1-4(3-6(5)9)12-7(10)11/h1-3,7H. The third-order valence-electron chi connectivity index (χ3n) is 1.20. The minimum absolute atomic E-state index is 0.100. The van der Waals surface area contributed by atoms with Crippen molar-refractivity contribution in [1.82, 2.24) is 0 Å². The summed E-state index contributed by atoms with van der Waals surface area (Å²) in [4.78, 5) is 0. The normalized spacial score (nSPS) is 10.3. The van der Waals surface area contributed by atoms with Gasteiger partial charge < -0.3 is 4.74 Å². The van der Waals surface area contributed by atoms with E-state index in [-0.39, 0.29) is 11.2 Å². The zero-order valence-corrected chi connectivity index (χ0v) is 5.93. The van der Waals surface area contributed by atoms with Gasteiger partial charge in [-0.2, -0.15) is 8.78 Å². The monoisotopic (exact) mass is 172 g/mol. The van der Waals surface area contributed by atoms with Gasteiger partial charge in [0, 0.05) is 6.07 Å². The highest BCUT2D eigenvalue weighted by Gasteiger charge is 2.05. The molecular formula is C7H4BF3O. The molecule has 0 atom stereocenters. The summed E-state index contributed by atoms with van der Waals surface area (Å²) in [6, 6.07) is 3.14. The lowest BCUT2D eigenvalue weighted by Gasteiger charge is -2.04. The highest BCUT2D eigenvalue weighted by atomic mass is 19.3. The average Bonchev–Trinajstić information content (AvgIpc) is 1.96. The van der Waals surface area contributed by atoms with Gasteiger partial charge in [0.25, 0.3) is 0 Å². The zero-order chi connectivity index (χ0) is 9.14. The Morgan fingerprint density at radius 3 is 2.50 bits per heavy atom. The van der Waals surface area contributed by atoms with Crippen molar-refractivity contribution in [3.8, 4) is 5.75 Å². The van der Waals surface area contributed by atoms with E-state index < -0.39 is 12.4 Å². The van der Waals surface area contributed by atoms with Crippen LogP contribution in [0, 0.1) is 5.82 Å². The van der Waals surface area contributed by atoms with Crippen LogP contribution in [0.25, 0.3) is 0 Å². The molecule has 0 N–H and O–H groups in total. The van der Waals surface area contributed by atoms with E-state index in [1.807, 2.05) is 0 Å². The van der Waals surface area contributed by atoms with E-state index in [0.717, 1.165) is 12.1 Å². The molecule has 0 fully saturated rings. The van der Waals surface area contributed by atoms with Crippen LogP contribution in [0.2, 0.25) is 0 Å². The van der Waals surface area contributed by atoms with Crippen molar-refractivity contribution < 1.29 is 17.9 Å². The average molecular weight is 172 g/mol. The second-order valence-corrected chi connectivity index (χ2v) is 2.06. The fourth-order valence-corrected chi connectivity index (χ4v) is 0.684. The molecule has 0 aliphatic heterocycles. The van der Waals surface area contributed by atoms with E-state index in [1.165, 1.54) is 6.07 Å². The molecule has 0 aromatic heterocycles. The van der Waals surface area contributed by atoms with Crippen LogP contribution in [0.3, 0.4) is 0 Å². The molecule has 0 saturated heterocycles. The largest absolute Gasteiger partial charge is 0.435 e.